The van der Waals surface area contributed by atoms with E-state index in [0.29, 0.717) is 102 Å². The van der Waals surface area contributed by atoms with E-state index >= 15 is 0 Å². The molecular weight excluding hydrogens is 1070 g/mol. The van der Waals surface area contributed by atoms with E-state index < -0.39 is 72.3 Å². The maximum absolute atomic E-state index is 13.7. The molecule has 2 aromatic carbocycles. The van der Waals surface area contributed by atoms with Crippen molar-refractivity contribution in [2.24, 2.45) is 5.92 Å². The fourth-order valence-electron chi connectivity index (χ4n) is 9.40. The molecular formula is C56H82N8O16S. The van der Waals surface area contributed by atoms with Crippen LogP contribution in [0.5, 0.6) is 0 Å². The van der Waals surface area contributed by atoms with Crippen LogP contribution in [0, 0.1) is 5.92 Å². The van der Waals surface area contributed by atoms with Crippen molar-refractivity contribution >= 4 is 82.3 Å². The molecule has 0 saturated carbocycles. The van der Waals surface area contributed by atoms with E-state index in [-0.39, 0.29) is 101 Å². The Morgan fingerprint density at radius 1 is 0.543 bits per heavy atom. The summed E-state index contributed by atoms with van der Waals surface area (Å²) in [5.41, 5.74) is 2.38. The molecule has 1 heterocycles. The molecule has 0 radical (unpaired) electrons. The van der Waals surface area contributed by atoms with Gasteiger partial charge in [-0.3, -0.25) is 53.1 Å². The first-order valence-electron chi connectivity index (χ1n) is 27.7. The lowest BCUT2D eigenvalue weighted by Gasteiger charge is -2.33. The molecule has 81 heavy (non-hydrogen) atoms. The van der Waals surface area contributed by atoms with Crippen LogP contribution >= 0.6 is 12.2 Å². The highest BCUT2D eigenvalue weighted by atomic mass is 32.1. The first-order valence-corrected chi connectivity index (χ1v) is 28.2. The summed E-state index contributed by atoms with van der Waals surface area (Å²) < 4.78 is 0. The topological polar surface area (TPSA) is 362 Å². The van der Waals surface area contributed by atoms with Crippen LogP contribution in [0.15, 0.2) is 54.6 Å². The largest absolute Gasteiger partial charge is 0.481 e. The van der Waals surface area contributed by atoms with Crippen LogP contribution in [-0.4, -0.2) is 193 Å². The minimum atomic E-state index is -1.32. The van der Waals surface area contributed by atoms with Crippen LogP contribution in [0.25, 0.3) is 0 Å². The van der Waals surface area contributed by atoms with E-state index in [4.69, 9.17) is 22.4 Å². The normalized spacial score (nSPS) is 15.3. The molecule has 3 unspecified atom stereocenters. The molecule has 1 aliphatic heterocycles. The summed E-state index contributed by atoms with van der Waals surface area (Å²) in [5, 5.41) is 70.8. The molecule has 2 aromatic rings. The number of nitrogens with one attached hydrogen (secondary N) is 5. The molecule has 11 N–H and O–H groups in total. The molecule has 1 fully saturated rings. The minimum absolute atomic E-state index is 0.0776. The van der Waals surface area contributed by atoms with E-state index in [1.54, 1.807) is 26.8 Å². The molecule has 1 aliphatic rings. The molecule has 0 spiro atoms. The number of nitrogens with zero attached hydrogens (tertiary/aromatic N) is 3. The number of aliphatic carboxylic acids is 6. The smallest absolute Gasteiger partial charge is 0.326 e. The summed E-state index contributed by atoms with van der Waals surface area (Å²) in [6.07, 6.45) is 7.32. The number of urea groups is 1. The summed E-state index contributed by atoms with van der Waals surface area (Å²) in [5.74, 6) is -7.83. The van der Waals surface area contributed by atoms with Crippen LogP contribution in [-0.2, 0) is 56.0 Å². The summed E-state index contributed by atoms with van der Waals surface area (Å²) >= 11 is 5.68. The summed E-state index contributed by atoms with van der Waals surface area (Å²) in [6.45, 7) is 1.26. The Hall–Kier alpha value is -7.09. The Kier molecular flexibility index (Phi) is 32.4. The second-order valence-corrected chi connectivity index (χ2v) is 20.9. The van der Waals surface area contributed by atoms with Gasteiger partial charge in [-0.15, -0.1) is 0 Å². The number of carbonyl (C=O) groups excluding carboxylic acids is 4. The van der Waals surface area contributed by atoms with Gasteiger partial charge in [-0.25, -0.2) is 9.59 Å². The predicted octanol–water partition coefficient (Wildman–Crippen LogP) is 4.09. The van der Waals surface area contributed by atoms with Crippen molar-refractivity contribution < 1.29 is 78.6 Å². The third-order valence-corrected chi connectivity index (χ3v) is 14.0. The first kappa shape index (κ1) is 68.2. The summed E-state index contributed by atoms with van der Waals surface area (Å²) in [4.78, 5) is 125. The van der Waals surface area contributed by atoms with Crippen LogP contribution < -0.4 is 26.6 Å². The van der Waals surface area contributed by atoms with Crippen molar-refractivity contribution in [1.82, 2.24) is 36.0 Å². The summed E-state index contributed by atoms with van der Waals surface area (Å²) in [7, 11) is 0. The van der Waals surface area contributed by atoms with E-state index in [2.05, 4.69) is 26.6 Å². The van der Waals surface area contributed by atoms with Crippen LogP contribution in [0.2, 0.25) is 0 Å². The molecule has 448 valence electrons. The Labute approximate surface area is 477 Å². The molecule has 0 bridgehead atoms. The van der Waals surface area contributed by atoms with Crippen molar-refractivity contribution in [3.63, 3.8) is 0 Å². The Balaban J connectivity index is 1.38. The number of rotatable bonds is 40. The Bertz CT molecular complexity index is 2360. The highest BCUT2D eigenvalue weighted by molar-refractivity contribution is 7.80. The van der Waals surface area contributed by atoms with E-state index in [0.717, 1.165) is 17.5 Å². The quantitative estimate of drug-likeness (QED) is 0.0330. The number of carbonyl (C=O) groups is 10. The van der Waals surface area contributed by atoms with Gasteiger partial charge in [-0.05, 0) is 99.7 Å². The zero-order chi connectivity index (χ0) is 59.5. The summed E-state index contributed by atoms with van der Waals surface area (Å²) in [6, 6.07) is 13.7. The van der Waals surface area contributed by atoms with Crippen LogP contribution in [0.3, 0.4) is 0 Å². The van der Waals surface area contributed by atoms with E-state index in [1.807, 2.05) is 42.5 Å². The SMILES string of the molecule is O=C(O)CC[C@H](NC(=O)NCCCCCNC(=O)CCCCCCC(=O)CC(CCCCCC(=O)C(Cc1ccccc1)NC(=S)Nc1ccc(CC2CN(CC(=O)O)CCN(CC(=O)O)CCN2CC(=O)O)cc1)C(=O)O)C(=O)O. The highest BCUT2D eigenvalue weighted by Gasteiger charge is 2.29. The van der Waals surface area contributed by atoms with Gasteiger partial charge in [-0.2, -0.15) is 0 Å². The molecule has 3 rings (SSSR count). The van der Waals surface area contributed by atoms with Gasteiger partial charge < -0.3 is 57.2 Å². The molecule has 24 nitrogen and oxygen atoms in total. The number of anilines is 1. The number of unbranched alkanes of at least 4 members (excludes halogenated alkanes) is 7. The van der Waals surface area contributed by atoms with E-state index in [1.165, 1.54) is 0 Å². The molecule has 3 amide bonds. The average Bonchev–Trinajstić information content (AvgIpc) is 3.46. The third-order valence-electron chi connectivity index (χ3n) is 13.8. The number of hydrogen-bond donors (Lipinski definition) is 11. The second-order valence-electron chi connectivity index (χ2n) is 20.5. The van der Waals surface area contributed by atoms with Gasteiger partial charge in [0.2, 0.25) is 5.91 Å². The molecule has 25 heteroatoms. The van der Waals surface area contributed by atoms with Gasteiger partial charge in [-0.1, -0.05) is 68.1 Å². The second kappa shape index (κ2) is 38.5. The average molecular weight is 1160 g/mol. The van der Waals surface area contributed by atoms with Crippen LogP contribution in [0.4, 0.5) is 10.5 Å². The van der Waals surface area contributed by atoms with Gasteiger partial charge in [0.15, 0.2) is 10.9 Å². The van der Waals surface area contributed by atoms with Gasteiger partial charge in [0.05, 0.1) is 31.6 Å². The molecule has 4 atom stereocenters. The molecule has 1 saturated heterocycles. The zero-order valence-electron chi connectivity index (χ0n) is 46.0. The Morgan fingerprint density at radius 2 is 1.14 bits per heavy atom. The fraction of sp³-hybridized carbons (Fsp3) is 0.589. The van der Waals surface area contributed by atoms with Crippen molar-refractivity contribution in [2.75, 3.05) is 70.8 Å². The number of hydrogen-bond acceptors (Lipinski definition) is 14. The van der Waals surface area contributed by atoms with Crippen molar-refractivity contribution in [3.8, 4) is 0 Å². The van der Waals surface area contributed by atoms with Crippen molar-refractivity contribution in [2.45, 2.75) is 140 Å². The standard InChI is InChI=1S/C56H82N8O16S/c65-44(17-9-1-2-11-19-48(67)57-26-12-5-13-27-58-55(80)60-45(54(78)79)24-25-49(68)69)34-41(53(76)77)16-8-4-10-18-47(66)46(33-39-14-6-3-7-15-39)61-56(81)59-42-22-20-40(21-23-42)32-43-35-63(37-51(72)73)29-28-62(36-50(70)71)30-31-64(43)38-52(74)75/h3,6-7,14-15,20-23,41,43,45-46H,1-2,4-5,8-13,16-19,24-38H2,(H,57,67)(H,68,69)(H,70,71)(H,72,73)(H,74,75)(H,76,77)(H,78,79)(H2,58,60,80)(H2,59,61,81)/t41?,43?,45-,46?/m0/s1. The maximum atomic E-state index is 13.7. The number of carboxylic acids is 6. The first-order chi connectivity index (χ1) is 38.7. The number of Topliss-reactive ketones (excluding diaryl/α,β-unsaturated/α-hetero) is 2. The molecule has 0 aromatic heterocycles. The Morgan fingerprint density at radius 3 is 1.78 bits per heavy atom. The fourth-order valence-corrected chi connectivity index (χ4v) is 9.66. The van der Waals surface area contributed by atoms with Gasteiger partial charge >= 0.3 is 41.8 Å². The maximum Gasteiger partial charge on any atom is 0.326 e. The zero-order valence-corrected chi connectivity index (χ0v) is 46.8. The van der Waals surface area contributed by atoms with Gasteiger partial charge in [0, 0.05) is 89.6 Å². The lowest BCUT2D eigenvalue weighted by molar-refractivity contribution is -0.144. The third kappa shape index (κ3) is 30.9. The number of ketones is 2. The lowest BCUT2D eigenvalue weighted by atomic mass is 9.93. The van der Waals surface area contributed by atoms with Gasteiger partial charge in [0.25, 0.3) is 0 Å². The number of thiocarbonyl (C=S) groups is 1. The van der Waals surface area contributed by atoms with Gasteiger partial charge in [0.1, 0.15) is 11.8 Å². The van der Waals surface area contributed by atoms with E-state index in [9.17, 15) is 68.4 Å². The van der Waals surface area contributed by atoms with Crippen molar-refractivity contribution in [3.05, 3.63) is 65.7 Å². The molecule has 0 aliphatic carbocycles. The van der Waals surface area contributed by atoms with Crippen molar-refractivity contribution in [1.29, 1.82) is 0 Å². The lowest BCUT2D eigenvalue weighted by Crippen LogP contribution is -2.49. The van der Waals surface area contributed by atoms with Crippen LogP contribution in [0.1, 0.15) is 120 Å². The predicted molar refractivity (Wildman–Crippen MR) is 303 cm³/mol. The highest BCUT2D eigenvalue weighted by Crippen LogP contribution is 2.20. The number of carboxylic acid groups (broad SMARTS) is 6. The monoisotopic (exact) mass is 1150 g/mol. The number of benzene rings is 2. The minimum Gasteiger partial charge on any atom is -0.481 e. The number of amides is 3.